The van der Waals surface area contributed by atoms with Gasteiger partial charge in [0.05, 0.1) is 11.8 Å². The molecule has 0 aromatic carbocycles. The van der Waals surface area contributed by atoms with Crippen molar-refractivity contribution < 1.29 is 9.50 Å². The predicted octanol–water partition coefficient (Wildman–Crippen LogP) is 2.20. The van der Waals surface area contributed by atoms with E-state index < -0.39 is 12.3 Å². The summed E-state index contributed by atoms with van der Waals surface area (Å²) in [5, 5.41) is 10.5. The molecule has 2 heterocycles. The van der Waals surface area contributed by atoms with Gasteiger partial charge in [0.25, 0.3) is 0 Å². The van der Waals surface area contributed by atoms with Crippen LogP contribution in [-0.2, 0) is 0 Å². The van der Waals surface area contributed by atoms with E-state index in [4.69, 9.17) is 11.6 Å². The average molecular weight is 259 g/mol. The van der Waals surface area contributed by atoms with E-state index in [1.54, 1.807) is 18.3 Å². The number of nitrogens with zero attached hydrogens (tertiary/aromatic N) is 2. The minimum absolute atomic E-state index is 0.482. The van der Waals surface area contributed by atoms with Gasteiger partial charge < -0.3 is 10.0 Å². The zero-order valence-electron chi connectivity index (χ0n) is 9.52. The molecule has 1 aromatic rings. The number of alkyl halides is 1. The Labute approximate surface area is 105 Å². The Balaban J connectivity index is 1.83. The molecule has 2 rings (SSSR count). The van der Waals surface area contributed by atoms with Gasteiger partial charge in [-0.25, -0.2) is 4.39 Å². The quantitative estimate of drug-likeness (QED) is 0.900. The lowest BCUT2D eigenvalue weighted by molar-refractivity contribution is 0.143. The van der Waals surface area contributed by atoms with E-state index >= 15 is 0 Å². The van der Waals surface area contributed by atoms with Crippen LogP contribution < -0.4 is 0 Å². The molecule has 0 aliphatic carbocycles. The number of aromatic nitrogens is 1. The minimum atomic E-state index is -0.712. The molecule has 0 spiro atoms. The van der Waals surface area contributed by atoms with Crippen LogP contribution in [0.2, 0.25) is 5.02 Å². The monoisotopic (exact) mass is 258 g/mol. The Hall–Kier alpha value is -0.710. The number of aliphatic hydroxyl groups is 1. The summed E-state index contributed by atoms with van der Waals surface area (Å²) in [6, 6.07) is 3.33. The smallest absolute Gasteiger partial charge is 0.114 e. The molecule has 0 radical (unpaired) electrons. The van der Waals surface area contributed by atoms with Crippen molar-refractivity contribution in [2.24, 2.45) is 0 Å². The van der Waals surface area contributed by atoms with Crippen LogP contribution in [0.1, 0.15) is 24.6 Å². The first-order valence-corrected chi connectivity index (χ1v) is 6.19. The SMILES string of the molecule is OC(CCN1CC[C@@H](F)C1)c1cc(Cl)ccn1. The van der Waals surface area contributed by atoms with E-state index in [1.165, 1.54) is 0 Å². The molecule has 94 valence electrons. The van der Waals surface area contributed by atoms with Crippen LogP contribution in [0, 0.1) is 0 Å². The third-order valence-corrected chi connectivity index (χ3v) is 3.25. The van der Waals surface area contributed by atoms with Gasteiger partial charge in [0.2, 0.25) is 0 Å². The van der Waals surface area contributed by atoms with E-state index in [-0.39, 0.29) is 0 Å². The second kappa shape index (κ2) is 5.76. The van der Waals surface area contributed by atoms with Crippen molar-refractivity contribution in [2.75, 3.05) is 19.6 Å². The summed E-state index contributed by atoms with van der Waals surface area (Å²) < 4.78 is 12.9. The average Bonchev–Trinajstić information content (AvgIpc) is 2.72. The number of hydrogen-bond donors (Lipinski definition) is 1. The van der Waals surface area contributed by atoms with Gasteiger partial charge in [0, 0.05) is 30.9 Å². The van der Waals surface area contributed by atoms with E-state index in [9.17, 15) is 9.50 Å². The molecule has 17 heavy (non-hydrogen) atoms. The zero-order valence-corrected chi connectivity index (χ0v) is 10.3. The van der Waals surface area contributed by atoms with Gasteiger partial charge in [-0.1, -0.05) is 11.6 Å². The first-order chi connectivity index (χ1) is 8.15. The fraction of sp³-hybridized carbons (Fsp3) is 0.583. The molecule has 1 N–H and O–H groups in total. The van der Waals surface area contributed by atoms with Crippen molar-refractivity contribution >= 4 is 11.6 Å². The lowest BCUT2D eigenvalue weighted by Crippen LogP contribution is -2.23. The van der Waals surface area contributed by atoms with E-state index in [0.717, 1.165) is 6.54 Å². The molecule has 1 saturated heterocycles. The first kappa shape index (κ1) is 12.7. The molecular weight excluding hydrogens is 243 g/mol. The van der Waals surface area contributed by atoms with Gasteiger partial charge in [-0.2, -0.15) is 0 Å². The van der Waals surface area contributed by atoms with E-state index in [2.05, 4.69) is 4.98 Å². The van der Waals surface area contributed by atoms with Crippen molar-refractivity contribution in [3.8, 4) is 0 Å². The number of likely N-dealkylation sites (tertiary alicyclic amines) is 1. The second-order valence-electron chi connectivity index (χ2n) is 4.39. The summed E-state index contributed by atoms with van der Waals surface area (Å²) in [5.74, 6) is 0. The van der Waals surface area contributed by atoms with Gasteiger partial charge in [0.1, 0.15) is 6.17 Å². The van der Waals surface area contributed by atoms with Crippen molar-refractivity contribution in [1.82, 2.24) is 9.88 Å². The molecule has 1 fully saturated rings. The van der Waals surface area contributed by atoms with Crippen LogP contribution in [0.5, 0.6) is 0 Å². The summed E-state index contributed by atoms with van der Waals surface area (Å²) in [7, 11) is 0. The lowest BCUT2D eigenvalue weighted by Gasteiger charge is -2.17. The third kappa shape index (κ3) is 3.63. The maximum atomic E-state index is 12.9. The van der Waals surface area contributed by atoms with Crippen LogP contribution in [0.25, 0.3) is 0 Å². The maximum Gasteiger partial charge on any atom is 0.114 e. The Morgan fingerprint density at radius 3 is 3.12 bits per heavy atom. The molecule has 0 bridgehead atoms. The van der Waals surface area contributed by atoms with Gasteiger partial charge in [-0.3, -0.25) is 4.98 Å². The largest absolute Gasteiger partial charge is 0.387 e. The van der Waals surface area contributed by atoms with Crippen LogP contribution in [0.3, 0.4) is 0 Å². The molecule has 1 aliphatic heterocycles. The number of hydrogen-bond acceptors (Lipinski definition) is 3. The molecule has 5 heteroatoms. The molecule has 3 nitrogen and oxygen atoms in total. The summed E-state index contributed by atoms with van der Waals surface area (Å²) in [4.78, 5) is 6.10. The number of pyridine rings is 1. The highest BCUT2D eigenvalue weighted by molar-refractivity contribution is 6.30. The molecule has 1 aliphatic rings. The van der Waals surface area contributed by atoms with E-state index in [0.29, 0.717) is 36.6 Å². The van der Waals surface area contributed by atoms with Crippen LogP contribution >= 0.6 is 11.6 Å². The van der Waals surface area contributed by atoms with Gasteiger partial charge in [-0.05, 0) is 25.0 Å². The fourth-order valence-electron chi connectivity index (χ4n) is 2.04. The maximum absolute atomic E-state index is 12.9. The van der Waals surface area contributed by atoms with Gasteiger partial charge >= 0.3 is 0 Å². The standard InChI is InChI=1S/C12H16ClFN2O/c13-9-1-4-15-11(7-9)12(17)3-6-16-5-2-10(14)8-16/h1,4,7,10,12,17H,2-3,5-6,8H2/t10-,12?/m1/s1. The normalized spacial score (nSPS) is 22.9. The van der Waals surface area contributed by atoms with Crippen molar-refractivity contribution in [3.63, 3.8) is 0 Å². The Kier molecular flexibility index (Phi) is 4.31. The fourth-order valence-corrected chi connectivity index (χ4v) is 2.21. The van der Waals surface area contributed by atoms with Crippen molar-refractivity contribution in [1.29, 1.82) is 0 Å². The predicted molar refractivity (Wildman–Crippen MR) is 64.8 cm³/mol. The molecule has 0 amide bonds. The van der Waals surface area contributed by atoms with Crippen LogP contribution in [-0.4, -0.2) is 40.8 Å². The minimum Gasteiger partial charge on any atom is -0.387 e. The molecule has 1 aromatic heterocycles. The van der Waals surface area contributed by atoms with E-state index in [1.807, 2.05) is 4.90 Å². The zero-order chi connectivity index (χ0) is 12.3. The van der Waals surface area contributed by atoms with Crippen molar-refractivity contribution in [2.45, 2.75) is 25.1 Å². The Bertz CT molecular complexity index is 377. The summed E-state index contributed by atoms with van der Waals surface area (Å²) in [5.41, 5.74) is 0.577. The second-order valence-corrected chi connectivity index (χ2v) is 4.83. The highest BCUT2D eigenvalue weighted by Crippen LogP contribution is 2.20. The summed E-state index contributed by atoms with van der Waals surface area (Å²) in [6.45, 7) is 1.95. The highest BCUT2D eigenvalue weighted by atomic mass is 35.5. The number of aliphatic hydroxyl groups excluding tert-OH is 1. The molecule has 0 saturated carbocycles. The Morgan fingerprint density at radius 2 is 2.47 bits per heavy atom. The Morgan fingerprint density at radius 1 is 1.65 bits per heavy atom. The van der Waals surface area contributed by atoms with Gasteiger partial charge in [-0.15, -0.1) is 0 Å². The van der Waals surface area contributed by atoms with Crippen LogP contribution in [0.4, 0.5) is 4.39 Å². The number of halogens is 2. The molecular formula is C12H16ClFN2O. The number of rotatable bonds is 4. The van der Waals surface area contributed by atoms with Gasteiger partial charge in [0.15, 0.2) is 0 Å². The van der Waals surface area contributed by atoms with Crippen molar-refractivity contribution in [3.05, 3.63) is 29.0 Å². The van der Waals surface area contributed by atoms with Crippen LogP contribution in [0.15, 0.2) is 18.3 Å². The highest BCUT2D eigenvalue weighted by Gasteiger charge is 2.22. The third-order valence-electron chi connectivity index (χ3n) is 3.02. The molecule has 2 atom stereocenters. The summed E-state index contributed by atoms with van der Waals surface area (Å²) in [6.07, 6.45) is 1.39. The molecule has 1 unspecified atom stereocenters. The lowest BCUT2D eigenvalue weighted by atomic mass is 10.1. The topological polar surface area (TPSA) is 36.4 Å². The summed E-state index contributed by atoms with van der Waals surface area (Å²) >= 11 is 5.82. The first-order valence-electron chi connectivity index (χ1n) is 5.81.